The van der Waals surface area contributed by atoms with Crippen molar-refractivity contribution in [1.29, 1.82) is 0 Å². The Morgan fingerprint density at radius 2 is 1.83 bits per heavy atom. The van der Waals surface area contributed by atoms with Crippen LogP contribution in [0.2, 0.25) is 10.0 Å². The molecule has 0 amide bonds. The van der Waals surface area contributed by atoms with E-state index in [1.807, 2.05) is 18.4 Å². The van der Waals surface area contributed by atoms with Crippen LogP contribution in [0.3, 0.4) is 0 Å². The number of ketones is 1. The number of anilines is 2. The van der Waals surface area contributed by atoms with Gasteiger partial charge in [-0.05, 0) is 55.8 Å². The largest absolute Gasteiger partial charge is 0.495 e. The highest BCUT2D eigenvalue weighted by atomic mass is 35.5. The lowest BCUT2D eigenvalue weighted by Gasteiger charge is -2.13. The first kappa shape index (κ1) is 25.7. The zero-order chi connectivity index (χ0) is 26.2. The molecule has 0 saturated heterocycles. The van der Waals surface area contributed by atoms with Gasteiger partial charge in [0.2, 0.25) is 10.0 Å². The molecule has 0 aliphatic carbocycles. The van der Waals surface area contributed by atoms with Crippen LogP contribution in [-0.4, -0.2) is 35.8 Å². The van der Waals surface area contributed by atoms with E-state index < -0.39 is 10.0 Å². The van der Waals surface area contributed by atoms with Gasteiger partial charge in [-0.25, -0.2) is 18.4 Å². The standard InChI is InChI=1S/C24H23Cl2N5O4S/c1-13(2)31-10-18(21-23(27)28-12-29-24(21)31)22(32)15-4-5-20(35-3)19(8-15)30-36(33,34)11-14-6-16(25)9-17(26)7-14/h4-10,12-13,30H,11H2,1-3H3,(H2,27,28,29). The molecule has 2 aromatic carbocycles. The number of methoxy groups -OCH3 is 1. The van der Waals surface area contributed by atoms with Gasteiger partial charge in [-0.15, -0.1) is 0 Å². The maximum absolute atomic E-state index is 13.6. The number of nitrogens with zero attached hydrogens (tertiary/aromatic N) is 3. The number of aromatic nitrogens is 3. The summed E-state index contributed by atoms with van der Waals surface area (Å²) in [6, 6.07) is 9.04. The highest BCUT2D eigenvalue weighted by Gasteiger charge is 2.23. The topological polar surface area (TPSA) is 129 Å². The second kappa shape index (κ2) is 9.96. The molecule has 0 radical (unpaired) electrons. The molecule has 4 rings (SSSR count). The van der Waals surface area contributed by atoms with Crippen LogP contribution in [0, 0.1) is 0 Å². The Balaban J connectivity index is 1.72. The minimum atomic E-state index is -3.91. The number of carbonyl (C=O) groups is 1. The van der Waals surface area contributed by atoms with E-state index in [0.717, 1.165) is 0 Å². The van der Waals surface area contributed by atoms with Crippen LogP contribution in [0.25, 0.3) is 11.0 Å². The molecule has 0 unspecified atom stereocenters. The highest BCUT2D eigenvalue weighted by molar-refractivity contribution is 7.91. The molecule has 0 atom stereocenters. The third kappa shape index (κ3) is 5.25. The first-order valence-electron chi connectivity index (χ1n) is 10.8. The maximum Gasteiger partial charge on any atom is 0.237 e. The molecule has 0 saturated carbocycles. The van der Waals surface area contributed by atoms with Gasteiger partial charge in [0.05, 0.1) is 29.5 Å². The summed E-state index contributed by atoms with van der Waals surface area (Å²) in [5.41, 5.74) is 7.68. The molecule has 0 fully saturated rings. The second-order valence-electron chi connectivity index (χ2n) is 8.38. The van der Waals surface area contributed by atoms with Crippen LogP contribution in [-0.2, 0) is 15.8 Å². The van der Waals surface area contributed by atoms with Crippen molar-refractivity contribution in [2.45, 2.75) is 25.6 Å². The number of halogens is 2. The number of hydrogen-bond acceptors (Lipinski definition) is 7. The number of nitrogen functional groups attached to an aromatic ring is 1. The van der Waals surface area contributed by atoms with E-state index in [1.54, 1.807) is 12.3 Å². The first-order chi connectivity index (χ1) is 17.0. The van der Waals surface area contributed by atoms with Crippen molar-refractivity contribution >= 4 is 61.5 Å². The van der Waals surface area contributed by atoms with E-state index in [0.29, 0.717) is 32.2 Å². The molecular weight excluding hydrogens is 525 g/mol. The molecule has 2 heterocycles. The van der Waals surface area contributed by atoms with Crippen molar-refractivity contribution < 1.29 is 17.9 Å². The van der Waals surface area contributed by atoms with Gasteiger partial charge < -0.3 is 15.0 Å². The smallest absolute Gasteiger partial charge is 0.237 e. The van der Waals surface area contributed by atoms with Gasteiger partial charge in [0.15, 0.2) is 5.78 Å². The molecule has 4 aromatic rings. The number of rotatable bonds is 8. The predicted molar refractivity (Wildman–Crippen MR) is 141 cm³/mol. The lowest BCUT2D eigenvalue weighted by Crippen LogP contribution is -2.16. The van der Waals surface area contributed by atoms with Crippen LogP contribution in [0.4, 0.5) is 11.5 Å². The van der Waals surface area contributed by atoms with Crippen molar-refractivity contribution in [3.8, 4) is 5.75 Å². The van der Waals surface area contributed by atoms with Crippen molar-refractivity contribution in [2.75, 3.05) is 17.6 Å². The lowest BCUT2D eigenvalue weighted by atomic mass is 10.0. The fourth-order valence-corrected chi connectivity index (χ4v) is 5.62. The Hall–Kier alpha value is -3.34. The number of benzene rings is 2. The summed E-state index contributed by atoms with van der Waals surface area (Å²) in [4.78, 5) is 21.9. The third-order valence-corrected chi connectivity index (χ3v) is 7.13. The number of sulfonamides is 1. The fraction of sp³-hybridized carbons (Fsp3) is 0.208. The summed E-state index contributed by atoms with van der Waals surface area (Å²) < 4.78 is 35.5. The molecule has 36 heavy (non-hydrogen) atoms. The van der Waals surface area contributed by atoms with Crippen molar-refractivity contribution in [3.05, 3.63) is 75.7 Å². The summed E-state index contributed by atoms with van der Waals surface area (Å²) >= 11 is 12.0. The Labute approximate surface area is 218 Å². The summed E-state index contributed by atoms with van der Waals surface area (Å²) in [5, 5.41) is 1.08. The van der Waals surface area contributed by atoms with Crippen LogP contribution in [0.15, 0.2) is 48.9 Å². The van der Waals surface area contributed by atoms with E-state index in [2.05, 4.69) is 14.7 Å². The monoisotopic (exact) mass is 547 g/mol. The minimum absolute atomic E-state index is 0.0154. The predicted octanol–water partition coefficient (Wildman–Crippen LogP) is 5.08. The molecular formula is C24H23Cl2N5O4S. The second-order valence-corrected chi connectivity index (χ2v) is 11.0. The number of fused-ring (bicyclic) bond motifs is 1. The number of nitrogens with one attached hydrogen (secondary N) is 1. The van der Waals surface area contributed by atoms with Gasteiger partial charge >= 0.3 is 0 Å². The number of nitrogens with two attached hydrogens (primary N) is 1. The summed E-state index contributed by atoms with van der Waals surface area (Å²) in [7, 11) is -2.51. The van der Waals surface area contributed by atoms with Gasteiger partial charge in [0.1, 0.15) is 23.5 Å². The third-order valence-electron chi connectivity index (χ3n) is 5.45. The molecule has 0 spiro atoms. The molecule has 0 aliphatic heterocycles. The van der Waals surface area contributed by atoms with E-state index >= 15 is 0 Å². The van der Waals surface area contributed by atoms with Gasteiger partial charge in [-0.3, -0.25) is 9.52 Å². The summed E-state index contributed by atoms with van der Waals surface area (Å²) in [6.45, 7) is 3.92. The lowest BCUT2D eigenvalue weighted by molar-refractivity contribution is 0.104. The van der Waals surface area contributed by atoms with Gasteiger partial charge in [-0.2, -0.15) is 0 Å². The van der Waals surface area contributed by atoms with Gasteiger partial charge in [0.25, 0.3) is 0 Å². The normalized spacial score (nSPS) is 11.7. The average molecular weight is 548 g/mol. The van der Waals surface area contributed by atoms with Crippen molar-refractivity contribution in [2.24, 2.45) is 0 Å². The molecule has 12 heteroatoms. The average Bonchev–Trinajstić information content (AvgIpc) is 3.18. The highest BCUT2D eigenvalue weighted by Crippen LogP contribution is 2.32. The summed E-state index contributed by atoms with van der Waals surface area (Å²) in [6.07, 6.45) is 3.03. The van der Waals surface area contributed by atoms with Gasteiger partial charge in [-0.1, -0.05) is 23.2 Å². The SMILES string of the molecule is COc1ccc(C(=O)c2cn(C(C)C)c3ncnc(N)c23)cc1NS(=O)(=O)Cc1cc(Cl)cc(Cl)c1. The van der Waals surface area contributed by atoms with Crippen molar-refractivity contribution in [1.82, 2.24) is 14.5 Å². The van der Waals surface area contributed by atoms with Crippen molar-refractivity contribution in [3.63, 3.8) is 0 Å². The van der Waals surface area contributed by atoms with Crippen LogP contribution in [0.1, 0.15) is 41.4 Å². The van der Waals surface area contributed by atoms with Crippen LogP contribution in [0.5, 0.6) is 5.75 Å². The molecule has 0 bridgehead atoms. The molecule has 2 aromatic heterocycles. The first-order valence-corrected chi connectivity index (χ1v) is 13.2. The Bertz CT molecular complexity index is 1560. The summed E-state index contributed by atoms with van der Waals surface area (Å²) in [5.74, 6) is -0.334. The quantitative estimate of drug-likeness (QED) is 0.294. The molecule has 3 N–H and O–H groups in total. The fourth-order valence-electron chi connectivity index (χ4n) is 3.88. The zero-order valence-corrected chi connectivity index (χ0v) is 21.9. The Morgan fingerprint density at radius 1 is 1.14 bits per heavy atom. The Kier molecular flexibility index (Phi) is 7.12. The molecule has 9 nitrogen and oxygen atoms in total. The van der Waals surface area contributed by atoms with E-state index in [1.165, 1.54) is 43.8 Å². The maximum atomic E-state index is 13.6. The van der Waals surface area contributed by atoms with Crippen LogP contribution < -0.4 is 15.2 Å². The van der Waals surface area contributed by atoms with E-state index in [-0.39, 0.29) is 40.4 Å². The molecule has 0 aliphatic rings. The van der Waals surface area contributed by atoms with Gasteiger partial charge in [0, 0.05) is 27.8 Å². The van der Waals surface area contributed by atoms with Crippen LogP contribution >= 0.6 is 23.2 Å². The number of hydrogen-bond donors (Lipinski definition) is 2. The number of ether oxygens (including phenoxy) is 1. The minimum Gasteiger partial charge on any atom is -0.495 e. The Morgan fingerprint density at radius 3 is 2.47 bits per heavy atom. The number of carbonyl (C=O) groups excluding carboxylic acids is 1. The molecule has 188 valence electrons. The van der Waals surface area contributed by atoms with E-state index in [4.69, 9.17) is 33.7 Å². The zero-order valence-electron chi connectivity index (χ0n) is 19.6. The van der Waals surface area contributed by atoms with E-state index in [9.17, 15) is 13.2 Å².